The molecule has 0 saturated heterocycles. The van der Waals surface area contributed by atoms with Gasteiger partial charge >= 0.3 is 5.97 Å². The van der Waals surface area contributed by atoms with Crippen LogP contribution in [0.3, 0.4) is 0 Å². The highest BCUT2D eigenvalue weighted by atomic mass is 16.6. The van der Waals surface area contributed by atoms with Crippen molar-refractivity contribution < 1.29 is 19.1 Å². The van der Waals surface area contributed by atoms with E-state index in [-0.39, 0.29) is 12.3 Å². The van der Waals surface area contributed by atoms with E-state index in [0.717, 1.165) is 5.56 Å². The number of methoxy groups -OCH3 is 1. The molecule has 0 heterocycles. The minimum absolute atomic E-state index is 0.0294. The first-order chi connectivity index (χ1) is 11.1. The van der Waals surface area contributed by atoms with Crippen LogP contribution in [0, 0.1) is 0 Å². The van der Waals surface area contributed by atoms with E-state index in [1.54, 1.807) is 24.3 Å². The molecule has 0 aliphatic heterocycles. The lowest BCUT2D eigenvalue weighted by Crippen LogP contribution is -2.29. The van der Waals surface area contributed by atoms with Crippen molar-refractivity contribution in [1.82, 2.24) is 5.32 Å². The fraction of sp³-hybridized carbons (Fsp3) is 0.222. The van der Waals surface area contributed by atoms with Crippen molar-refractivity contribution in [1.29, 1.82) is 0 Å². The van der Waals surface area contributed by atoms with Crippen LogP contribution < -0.4 is 14.8 Å². The van der Waals surface area contributed by atoms with E-state index in [0.29, 0.717) is 11.5 Å². The average Bonchev–Trinajstić information content (AvgIpc) is 2.55. The van der Waals surface area contributed by atoms with Crippen LogP contribution >= 0.6 is 0 Å². The summed E-state index contributed by atoms with van der Waals surface area (Å²) >= 11 is 0. The van der Waals surface area contributed by atoms with Crippen LogP contribution in [0.25, 0.3) is 0 Å². The Morgan fingerprint density at radius 3 is 2.22 bits per heavy atom. The van der Waals surface area contributed by atoms with Crippen molar-refractivity contribution >= 4 is 11.9 Å². The Labute approximate surface area is 135 Å². The smallest absolute Gasteiger partial charge is 0.313 e. The number of hydrogen-bond donors (Lipinski definition) is 1. The van der Waals surface area contributed by atoms with Crippen molar-refractivity contribution in [3.05, 3.63) is 60.2 Å². The van der Waals surface area contributed by atoms with Gasteiger partial charge in [-0.1, -0.05) is 42.5 Å². The minimum Gasteiger partial charge on any atom is -0.493 e. The van der Waals surface area contributed by atoms with Crippen LogP contribution in [0.15, 0.2) is 54.6 Å². The lowest BCUT2D eigenvalue weighted by molar-refractivity contribution is -0.135. The van der Waals surface area contributed by atoms with Gasteiger partial charge in [0.15, 0.2) is 11.5 Å². The van der Waals surface area contributed by atoms with E-state index < -0.39 is 12.0 Å². The molecule has 0 aliphatic carbocycles. The average molecular weight is 313 g/mol. The Balaban J connectivity index is 2.10. The van der Waals surface area contributed by atoms with Crippen LogP contribution in [0.2, 0.25) is 0 Å². The number of esters is 1. The maximum atomic E-state index is 12.2. The Bertz CT molecular complexity index is 670. The topological polar surface area (TPSA) is 64.6 Å². The fourth-order valence-electron chi connectivity index (χ4n) is 2.22. The van der Waals surface area contributed by atoms with Crippen LogP contribution in [-0.2, 0) is 9.59 Å². The molecule has 2 rings (SSSR count). The van der Waals surface area contributed by atoms with Gasteiger partial charge in [-0.2, -0.15) is 0 Å². The van der Waals surface area contributed by atoms with Gasteiger partial charge in [-0.05, 0) is 17.7 Å². The molecule has 0 aromatic heterocycles. The van der Waals surface area contributed by atoms with Gasteiger partial charge in [0, 0.05) is 6.92 Å². The van der Waals surface area contributed by atoms with Crippen LogP contribution in [-0.4, -0.2) is 19.0 Å². The summed E-state index contributed by atoms with van der Waals surface area (Å²) in [5.41, 5.74) is 0.847. The Morgan fingerprint density at radius 1 is 1.00 bits per heavy atom. The number of para-hydroxylation sites is 2. The largest absolute Gasteiger partial charge is 0.493 e. The molecule has 0 unspecified atom stereocenters. The molecule has 23 heavy (non-hydrogen) atoms. The zero-order valence-corrected chi connectivity index (χ0v) is 13.1. The molecule has 1 amide bonds. The molecule has 0 fully saturated rings. The third-order valence-corrected chi connectivity index (χ3v) is 3.24. The van der Waals surface area contributed by atoms with Gasteiger partial charge in [-0.3, -0.25) is 9.59 Å². The number of amides is 1. The standard InChI is InChI=1S/C18H19NO4/c1-13(20)19-15(14-8-4-3-5-9-14)12-18(21)23-17-11-7-6-10-16(17)22-2/h3-11,15H,12H2,1-2H3,(H,19,20)/t15-/m0/s1. The predicted octanol–water partition coefficient (Wildman–Crippen LogP) is 2.87. The molecule has 2 aromatic rings. The molecule has 0 radical (unpaired) electrons. The summed E-state index contributed by atoms with van der Waals surface area (Å²) in [4.78, 5) is 23.6. The molecule has 1 N–H and O–H groups in total. The van der Waals surface area contributed by atoms with Gasteiger partial charge in [-0.15, -0.1) is 0 Å². The summed E-state index contributed by atoms with van der Waals surface area (Å²) in [5.74, 6) is 0.187. The zero-order valence-electron chi connectivity index (χ0n) is 13.1. The first-order valence-electron chi connectivity index (χ1n) is 7.26. The third kappa shape index (κ3) is 4.85. The van der Waals surface area contributed by atoms with E-state index >= 15 is 0 Å². The summed E-state index contributed by atoms with van der Waals surface area (Å²) in [6.45, 7) is 1.42. The van der Waals surface area contributed by atoms with E-state index in [4.69, 9.17) is 9.47 Å². The van der Waals surface area contributed by atoms with Crippen molar-refractivity contribution in [2.24, 2.45) is 0 Å². The minimum atomic E-state index is -0.447. The van der Waals surface area contributed by atoms with Gasteiger partial charge in [0.1, 0.15) is 0 Å². The highest BCUT2D eigenvalue weighted by molar-refractivity contribution is 5.77. The number of hydrogen-bond acceptors (Lipinski definition) is 4. The van der Waals surface area contributed by atoms with Gasteiger partial charge in [0.25, 0.3) is 0 Å². The Kier molecular flexibility index (Phi) is 5.74. The number of carbonyl (C=O) groups excluding carboxylic acids is 2. The zero-order chi connectivity index (χ0) is 16.7. The van der Waals surface area contributed by atoms with E-state index in [2.05, 4.69) is 5.32 Å². The van der Waals surface area contributed by atoms with Crippen molar-refractivity contribution in [3.8, 4) is 11.5 Å². The molecule has 0 bridgehead atoms. The summed E-state index contributed by atoms with van der Waals surface area (Å²) in [6.07, 6.45) is 0.0294. The summed E-state index contributed by atoms with van der Waals surface area (Å²) in [6, 6.07) is 15.8. The molecule has 1 atom stereocenters. The summed E-state index contributed by atoms with van der Waals surface area (Å²) < 4.78 is 10.5. The molecule has 0 spiro atoms. The lowest BCUT2D eigenvalue weighted by Gasteiger charge is -2.18. The molecular formula is C18H19NO4. The second-order valence-electron chi connectivity index (χ2n) is 4.99. The summed E-state index contributed by atoms with van der Waals surface area (Å²) in [7, 11) is 1.51. The normalized spacial score (nSPS) is 11.4. The molecule has 120 valence electrons. The number of benzene rings is 2. The first kappa shape index (κ1) is 16.5. The van der Waals surface area contributed by atoms with Crippen molar-refractivity contribution in [2.45, 2.75) is 19.4 Å². The molecule has 5 nitrogen and oxygen atoms in total. The fourth-order valence-corrected chi connectivity index (χ4v) is 2.22. The second kappa shape index (κ2) is 7.98. The second-order valence-corrected chi connectivity index (χ2v) is 4.99. The SMILES string of the molecule is COc1ccccc1OC(=O)C[C@H](NC(C)=O)c1ccccc1. The van der Waals surface area contributed by atoms with Gasteiger partial charge in [0.05, 0.1) is 19.6 Å². The highest BCUT2D eigenvalue weighted by Gasteiger charge is 2.19. The monoisotopic (exact) mass is 313 g/mol. The summed E-state index contributed by atoms with van der Waals surface area (Å²) in [5, 5.41) is 2.77. The number of nitrogens with one attached hydrogen (secondary N) is 1. The number of rotatable bonds is 6. The number of carbonyl (C=O) groups is 2. The Morgan fingerprint density at radius 2 is 1.61 bits per heavy atom. The lowest BCUT2D eigenvalue weighted by atomic mass is 10.0. The molecular weight excluding hydrogens is 294 g/mol. The van der Waals surface area contributed by atoms with Gasteiger partial charge in [0.2, 0.25) is 5.91 Å². The maximum absolute atomic E-state index is 12.2. The van der Waals surface area contributed by atoms with Crippen molar-refractivity contribution in [3.63, 3.8) is 0 Å². The molecule has 0 saturated carbocycles. The quantitative estimate of drug-likeness (QED) is 0.658. The molecule has 0 aliphatic rings. The van der Waals surface area contributed by atoms with E-state index in [9.17, 15) is 9.59 Å². The van der Waals surface area contributed by atoms with Crippen LogP contribution in [0.1, 0.15) is 24.9 Å². The maximum Gasteiger partial charge on any atom is 0.313 e. The van der Waals surface area contributed by atoms with Crippen LogP contribution in [0.4, 0.5) is 0 Å². The van der Waals surface area contributed by atoms with Crippen molar-refractivity contribution in [2.75, 3.05) is 7.11 Å². The van der Waals surface area contributed by atoms with Gasteiger partial charge in [-0.25, -0.2) is 0 Å². The van der Waals surface area contributed by atoms with Gasteiger partial charge < -0.3 is 14.8 Å². The Hall–Kier alpha value is -2.82. The molecule has 5 heteroatoms. The third-order valence-electron chi connectivity index (χ3n) is 3.24. The molecule has 2 aromatic carbocycles. The number of ether oxygens (including phenoxy) is 2. The first-order valence-corrected chi connectivity index (χ1v) is 7.26. The van der Waals surface area contributed by atoms with E-state index in [1.165, 1.54) is 14.0 Å². The van der Waals surface area contributed by atoms with E-state index in [1.807, 2.05) is 30.3 Å². The predicted molar refractivity (Wildman–Crippen MR) is 86.2 cm³/mol. The van der Waals surface area contributed by atoms with Crippen LogP contribution in [0.5, 0.6) is 11.5 Å². The highest BCUT2D eigenvalue weighted by Crippen LogP contribution is 2.27.